The Labute approximate surface area is 315 Å². The lowest BCUT2D eigenvalue weighted by Gasteiger charge is -2.32. The Morgan fingerprint density at radius 3 is 1.52 bits per heavy atom. The van der Waals surface area contributed by atoms with Crippen LogP contribution in [0.3, 0.4) is 0 Å². The lowest BCUT2D eigenvalue weighted by molar-refractivity contribution is -0.259. The van der Waals surface area contributed by atoms with Crippen molar-refractivity contribution in [3.8, 4) is 0 Å². The molecule has 0 bridgehead atoms. The van der Waals surface area contributed by atoms with Crippen LogP contribution in [-0.2, 0) is 27.5 Å². The highest BCUT2D eigenvalue weighted by atomic mass is 32.2. The Balaban J connectivity index is 1.43. The number of hydrogen-bond acceptors (Lipinski definition) is 8. The van der Waals surface area contributed by atoms with Gasteiger partial charge in [0.05, 0.1) is 37.7 Å². The molecule has 4 aromatic rings. The van der Waals surface area contributed by atoms with Gasteiger partial charge in [-0.25, -0.2) is 13.3 Å². The Hall–Kier alpha value is -5.39. The predicted molar refractivity (Wildman–Crippen MR) is 187 cm³/mol. The minimum Gasteiger partial charge on any atom is -0.376 e. The lowest BCUT2D eigenvalue weighted by Crippen LogP contribution is -2.42. The third kappa shape index (κ3) is 6.08. The maximum Gasteiger partial charge on any atom is 0.421 e. The van der Waals surface area contributed by atoms with Crippen molar-refractivity contribution < 1.29 is 64.2 Å². The molecular formula is C39H32F6N2O8S. The van der Waals surface area contributed by atoms with Gasteiger partial charge in [0.25, 0.3) is 23.6 Å². The van der Waals surface area contributed by atoms with Crippen molar-refractivity contribution in [1.29, 1.82) is 0 Å². The summed E-state index contributed by atoms with van der Waals surface area (Å²) in [6.07, 6.45) is -10.8. The summed E-state index contributed by atoms with van der Waals surface area (Å²) < 4.78 is 113. The topological polar surface area (TPSA) is 149 Å². The van der Waals surface area contributed by atoms with Crippen molar-refractivity contribution in [3.63, 3.8) is 0 Å². The summed E-state index contributed by atoms with van der Waals surface area (Å²) in [6, 6.07) is 10.8. The van der Waals surface area contributed by atoms with Crippen molar-refractivity contribution in [1.82, 2.24) is 4.90 Å². The Kier molecular flexibility index (Phi) is 9.22. The van der Waals surface area contributed by atoms with Crippen LogP contribution in [0.25, 0.3) is 0 Å². The number of amides is 4. The molecule has 0 fully saturated rings. The monoisotopic (exact) mass is 802 g/mol. The van der Waals surface area contributed by atoms with Crippen LogP contribution in [0.4, 0.5) is 32.0 Å². The standard InChI is InChI=1S/C39H32F6N2O8S/c1-18-11-21(14-29(20(18)3)36(4,52)38(40,41)42)13-22-12-19(2)31(30(15-22)37(5,53)39(43,44)45)47-34(50)26-10-8-24(17-28(26)35(47)51)56(54,55)23-7-9-25-27(16-23)33(49)46(6)32(25)48/h7-12,14-17,52-53H,13H2,1-6H3. The van der Waals surface area contributed by atoms with E-state index < -0.39 is 89.2 Å². The number of nitrogens with zero attached hydrogens (tertiary/aromatic N) is 2. The number of rotatable bonds is 7. The zero-order valence-corrected chi connectivity index (χ0v) is 31.2. The molecule has 2 aliphatic heterocycles. The van der Waals surface area contributed by atoms with Crippen molar-refractivity contribution in [2.75, 3.05) is 11.9 Å². The van der Waals surface area contributed by atoms with Gasteiger partial charge in [0.2, 0.25) is 9.84 Å². The van der Waals surface area contributed by atoms with E-state index >= 15 is 0 Å². The summed E-state index contributed by atoms with van der Waals surface area (Å²) in [7, 11) is -3.30. The highest BCUT2D eigenvalue weighted by Crippen LogP contribution is 2.47. The van der Waals surface area contributed by atoms with Gasteiger partial charge in [-0.05, 0) is 111 Å². The minimum atomic E-state index is -5.39. The molecule has 2 unspecified atom stereocenters. The van der Waals surface area contributed by atoms with Crippen molar-refractivity contribution >= 4 is 39.2 Å². The number of sulfone groups is 1. The molecule has 56 heavy (non-hydrogen) atoms. The van der Waals surface area contributed by atoms with Crippen molar-refractivity contribution in [2.24, 2.45) is 0 Å². The van der Waals surface area contributed by atoms with Gasteiger partial charge in [0.1, 0.15) is 0 Å². The Bertz CT molecular complexity index is 2540. The predicted octanol–water partition coefficient (Wildman–Crippen LogP) is 6.60. The first kappa shape index (κ1) is 40.3. The first-order valence-electron chi connectivity index (χ1n) is 16.7. The molecule has 0 aromatic heterocycles. The highest BCUT2D eigenvalue weighted by molar-refractivity contribution is 7.91. The van der Waals surface area contributed by atoms with E-state index in [4.69, 9.17) is 0 Å². The number of fused-ring (bicyclic) bond motifs is 2. The molecule has 294 valence electrons. The smallest absolute Gasteiger partial charge is 0.376 e. The van der Waals surface area contributed by atoms with Gasteiger partial charge in [0, 0.05) is 12.6 Å². The SMILES string of the molecule is Cc1cc(Cc2cc(C)c(N3C(=O)c4ccc(S(=O)(=O)c5ccc6c(c5)C(=O)N(C)C6=O)cc4C3=O)c(C(C)(O)C(F)(F)F)c2)cc(C(C)(O)C(F)(F)F)c1C. The number of benzene rings is 4. The molecule has 2 N–H and O–H groups in total. The van der Waals surface area contributed by atoms with Gasteiger partial charge in [-0.15, -0.1) is 0 Å². The van der Waals surface area contributed by atoms with Gasteiger partial charge >= 0.3 is 12.4 Å². The van der Waals surface area contributed by atoms with Crippen molar-refractivity contribution in [2.45, 2.75) is 74.4 Å². The third-order valence-corrected chi connectivity index (χ3v) is 12.2. The first-order chi connectivity index (χ1) is 25.6. The molecular weight excluding hydrogens is 770 g/mol. The molecule has 0 saturated carbocycles. The van der Waals surface area contributed by atoms with Crippen LogP contribution in [0.15, 0.2) is 70.5 Å². The maximum absolute atomic E-state index is 14.5. The van der Waals surface area contributed by atoms with Gasteiger partial charge < -0.3 is 10.2 Å². The van der Waals surface area contributed by atoms with Gasteiger partial charge in [-0.3, -0.25) is 24.1 Å². The van der Waals surface area contributed by atoms with Crippen LogP contribution >= 0.6 is 0 Å². The fourth-order valence-corrected chi connectivity index (χ4v) is 8.25. The first-order valence-corrected chi connectivity index (χ1v) is 18.2. The second-order valence-electron chi connectivity index (χ2n) is 14.2. The van der Waals surface area contributed by atoms with E-state index in [9.17, 15) is 64.2 Å². The van der Waals surface area contributed by atoms with E-state index in [0.717, 1.165) is 53.4 Å². The number of aryl methyl sites for hydroxylation is 2. The van der Waals surface area contributed by atoms with Gasteiger partial charge in [0.15, 0.2) is 11.2 Å². The molecule has 17 heteroatoms. The largest absolute Gasteiger partial charge is 0.421 e. The van der Waals surface area contributed by atoms with Crippen LogP contribution in [0, 0.1) is 20.8 Å². The molecule has 2 aliphatic rings. The number of carbonyl (C=O) groups excluding carboxylic acids is 4. The highest BCUT2D eigenvalue weighted by Gasteiger charge is 2.55. The van der Waals surface area contributed by atoms with E-state index in [1.54, 1.807) is 0 Å². The molecule has 0 saturated heterocycles. The molecule has 4 amide bonds. The van der Waals surface area contributed by atoms with Crippen LogP contribution in [0.2, 0.25) is 0 Å². The van der Waals surface area contributed by atoms with Crippen LogP contribution < -0.4 is 4.90 Å². The molecule has 6 rings (SSSR count). The number of halogens is 6. The molecule has 0 aliphatic carbocycles. The van der Waals surface area contributed by atoms with Crippen LogP contribution in [-0.4, -0.2) is 66.6 Å². The summed E-state index contributed by atoms with van der Waals surface area (Å²) in [6.45, 7) is 5.11. The number of carbonyl (C=O) groups is 4. The quantitative estimate of drug-likeness (QED) is 0.157. The molecule has 2 heterocycles. The van der Waals surface area contributed by atoms with E-state index in [2.05, 4.69) is 0 Å². The van der Waals surface area contributed by atoms with Gasteiger partial charge in [-0.1, -0.05) is 24.3 Å². The minimum absolute atomic E-state index is 0.0258. The van der Waals surface area contributed by atoms with E-state index in [1.807, 2.05) is 0 Å². The number of alkyl halides is 6. The fourth-order valence-electron chi connectivity index (χ4n) is 6.94. The summed E-state index contributed by atoms with van der Waals surface area (Å²) >= 11 is 0. The molecule has 4 aromatic carbocycles. The van der Waals surface area contributed by atoms with Gasteiger partial charge in [-0.2, -0.15) is 26.3 Å². The Morgan fingerprint density at radius 1 is 0.589 bits per heavy atom. The number of hydrogen-bond donors (Lipinski definition) is 2. The average Bonchev–Trinajstić information content (AvgIpc) is 3.47. The Morgan fingerprint density at radius 2 is 1.00 bits per heavy atom. The lowest BCUT2D eigenvalue weighted by atomic mass is 9.85. The van der Waals surface area contributed by atoms with E-state index in [-0.39, 0.29) is 45.4 Å². The third-order valence-electron chi connectivity index (χ3n) is 10.4. The number of anilines is 1. The zero-order valence-electron chi connectivity index (χ0n) is 30.4. The summed E-state index contributed by atoms with van der Waals surface area (Å²) in [5, 5.41) is 21.5. The molecule has 2 atom stereocenters. The summed E-state index contributed by atoms with van der Waals surface area (Å²) in [5.41, 5.74) is -9.57. The van der Waals surface area contributed by atoms with Crippen molar-refractivity contribution in [3.05, 3.63) is 122 Å². The van der Waals surface area contributed by atoms with Crippen LogP contribution in [0.5, 0.6) is 0 Å². The van der Waals surface area contributed by atoms with E-state index in [0.29, 0.717) is 24.3 Å². The summed E-state index contributed by atoms with van der Waals surface area (Å²) in [4.78, 5) is 52.9. The normalized spacial score (nSPS) is 17.0. The molecule has 0 spiro atoms. The molecule has 10 nitrogen and oxygen atoms in total. The second-order valence-corrected chi connectivity index (χ2v) is 16.2. The fraction of sp³-hybridized carbons (Fsp3) is 0.282. The zero-order chi connectivity index (χ0) is 41.8. The number of aliphatic hydroxyl groups is 2. The van der Waals surface area contributed by atoms with Crippen LogP contribution in [0.1, 0.15) is 94.2 Å². The average molecular weight is 803 g/mol. The van der Waals surface area contributed by atoms with E-state index in [1.165, 1.54) is 40.0 Å². The number of imide groups is 2. The maximum atomic E-state index is 14.5. The second kappa shape index (κ2) is 12.8. The summed E-state index contributed by atoms with van der Waals surface area (Å²) in [5.74, 6) is -3.74. The molecule has 0 radical (unpaired) electrons.